The number of hydrogen-bond acceptors (Lipinski definition) is 4. The number of nitrogens with zero attached hydrogens (tertiary/aromatic N) is 1. The largest absolute Gasteiger partial charge is 0.360 e. The van der Waals surface area contributed by atoms with E-state index in [0.29, 0.717) is 16.3 Å². The van der Waals surface area contributed by atoms with Crippen LogP contribution in [0.2, 0.25) is 5.02 Å². The van der Waals surface area contributed by atoms with Crippen molar-refractivity contribution in [2.45, 2.75) is 37.9 Å². The van der Waals surface area contributed by atoms with Gasteiger partial charge < -0.3 is 10.1 Å². The van der Waals surface area contributed by atoms with Crippen molar-refractivity contribution in [2.24, 2.45) is 11.8 Å². The molecule has 7 heteroatoms. The molecule has 2 bridgehead atoms. The Bertz CT molecular complexity index is 1170. The lowest BCUT2D eigenvalue weighted by Crippen LogP contribution is -2.48. The van der Waals surface area contributed by atoms with E-state index in [1.165, 1.54) is 4.90 Å². The third kappa shape index (κ3) is 3.49. The van der Waals surface area contributed by atoms with E-state index >= 15 is 0 Å². The van der Waals surface area contributed by atoms with Gasteiger partial charge in [-0.05, 0) is 47.4 Å². The molecule has 2 fully saturated rings. The number of carbonyl (C=O) groups is 3. The van der Waals surface area contributed by atoms with Crippen molar-refractivity contribution in [3.63, 3.8) is 0 Å². The molecule has 1 N–H and O–H groups in total. The number of nitrogens with one attached hydrogen (secondary N) is 1. The summed E-state index contributed by atoms with van der Waals surface area (Å²) < 4.78 is 6.11. The van der Waals surface area contributed by atoms with Gasteiger partial charge in [-0.25, -0.2) is 4.90 Å². The molecule has 0 spiro atoms. The summed E-state index contributed by atoms with van der Waals surface area (Å²) in [6.07, 6.45) is 3.16. The van der Waals surface area contributed by atoms with Crippen LogP contribution in [0.4, 0.5) is 5.69 Å². The van der Waals surface area contributed by atoms with Crippen LogP contribution >= 0.6 is 11.6 Å². The second-order valence-electron chi connectivity index (χ2n) is 9.90. The summed E-state index contributed by atoms with van der Waals surface area (Å²) in [5.74, 6) is -2.13. The second kappa shape index (κ2) is 7.54. The number of imide groups is 1. The van der Waals surface area contributed by atoms with Gasteiger partial charge in [0.1, 0.15) is 5.60 Å². The van der Waals surface area contributed by atoms with Gasteiger partial charge in [0.05, 0.1) is 30.2 Å². The molecule has 2 aromatic rings. The zero-order valence-corrected chi connectivity index (χ0v) is 19.4. The number of carbonyl (C=O) groups excluding carboxylic acids is 3. The zero-order valence-electron chi connectivity index (χ0n) is 18.7. The van der Waals surface area contributed by atoms with E-state index in [4.69, 9.17) is 16.3 Å². The van der Waals surface area contributed by atoms with E-state index in [0.717, 1.165) is 5.56 Å². The summed E-state index contributed by atoms with van der Waals surface area (Å²) in [5, 5.41) is 3.44. The minimum atomic E-state index is -1.04. The molecule has 0 radical (unpaired) electrons. The lowest BCUT2D eigenvalue weighted by atomic mass is 9.77. The Morgan fingerprint density at radius 2 is 1.73 bits per heavy atom. The average molecular weight is 465 g/mol. The number of fused-ring (bicyclic) bond motifs is 5. The molecule has 2 aromatic carbocycles. The SMILES string of the molecule is CC(C)(C)c1ccc(C(=O)NC[C@@]23C=C[C@@H](O2)[C@H]2C(=O)N(c4ccc(Cl)cc4)C(=O)[C@H]23)cc1. The first kappa shape index (κ1) is 21.9. The zero-order chi connectivity index (χ0) is 23.5. The molecule has 4 atom stereocenters. The van der Waals surface area contributed by atoms with Crippen LogP contribution in [0.3, 0.4) is 0 Å². The average Bonchev–Trinajstić information content (AvgIpc) is 3.43. The van der Waals surface area contributed by atoms with E-state index in [-0.39, 0.29) is 29.7 Å². The van der Waals surface area contributed by atoms with Crippen LogP contribution in [0, 0.1) is 11.8 Å². The Balaban J connectivity index is 1.35. The van der Waals surface area contributed by atoms with Crippen LogP contribution in [0.1, 0.15) is 36.7 Å². The van der Waals surface area contributed by atoms with Crippen LogP contribution < -0.4 is 10.2 Å². The molecule has 0 aliphatic carbocycles. The fourth-order valence-electron chi connectivity index (χ4n) is 4.99. The normalized spacial score (nSPS) is 27.9. The van der Waals surface area contributed by atoms with Crippen LogP contribution in [0.5, 0.6) is 0 Å². The van der Waals surface area contributed by atoms with E-state index in [1.54, 1.807) is 36.4 Å². The predicted molar refractivity (Wildman–Crippen MR) is 125 cm³/mol. The highest BCUT2D eigenvalue weighted by atomic mass is 35.5. The van der Waals surface area contributed by atoms with Gasteiger partial charge in [-0.1, -0.05) is 56.7 Å². The van der Waals surface area contributed by atoms with Gasteiger partial charge in [0.2, 0.25) is 11.8 Å². The second-order valence-corrected chi connectivity index (χ2v) is 10.3. The Hall–Kier alpha value is -2.96. The number of halogens is 1. The third-order valence-electron chi connectivity index (χ3n) is 6.78. The third-order valence-corrected chi connectivity index (χ3v) is 7.03. The predicted octanol–water partition coefficient (Wildman–Crippen LogP) is 3.88. The minimum absolute atomic E-state index is 0.00431. The molecule has 6 nitrogen and oxygen atoms in total. The minimum Gasteiger partial charge on any atom is -0.360 e. The Labute approximate surface area is 197 Å². The van der Waals surface area contributed by atoms with Crippen LogP contribution in [0.25, 0.3) is 0 Å². The molecule has 33 heavy (non-hydrogen) atoms. The molecule has 2 saturated heterocycles. The van der Waals surface area contributed by atoms with Crippen LogP contribution in [-0.2, 0) is 19.7 Å². The quantitative estimate of drug-likeness (QED) is 0.550. The number of rotatable bonds is 4. The summed E-state index contributed by atoms with van der Waals surface area (Å²) in [7, 11) is 0. The monoisotopic (exact) mass is 464 g/mol. The maximum Gasteiger partial charge on any atom is 0.251 e. The van der Waals surface area contributed by atoms with Crippen LogP contribution in [0.15, 0.2) is 60.7 Å². The summed E-state index contributed by atoms with van der Waals surface area (Å²) in [6, 6.07) is 14.1. The molecule has 3 aliphatic rings. The van der Waals surface area contributed by atoms with E-state index in [2.05, 4.69) is 26.1 Å². The van der Waals surface area contributed by atoms with Crippen molar-refractivity contribution in [3.05, 3.63) is 76.8 Å². The maximum absolute atomic E-state index is 13.4. The highest BCUT2D eigenvalue weighted by molar-refractivity contribution is 6.31. The highest BCUT2D eigenvalue weighted by Crippen LogP contribution is 2.52. The molecule has 3 amide bonds. The Morgan fingerprint density at radius 3 is 2.36 bits per heavy atom. The first-order chi connectivity index (χ1) is 15.6. The van der Waals surface area contributed by atoms with Gasteiger partial charge in [-0.2, -0.15) is 0 Å². The standard InChI is InChI=1S/C26H25ClN2O4/c1-25(2,3)16-6-4-15(5-7-16)22(30)28-14-26-13-12-19(33-26)20-21(26)24(32)29(23(20)31)18-10-8-17(27)9-11-18/h4-13,19-21H,14H2,1-3H3,(H,28,30)/t19-,20-,21+,26-/m1/s1. The van der Waals surface area contributed by atoms with Crippen LogP contribution in [-0.4, -0.2) is 36.0 Å². The van der Waals surface area contributed by atoms with Gasteiger partial charge in [-0.15, -0.1) is 0 Å². The van der Waals surface area contributed by atoms with Gasteiger partial charge in [0.15, 0.2) is 0 Å². The maximum atomic E-state index is 13.4. The van der Waals surface area contributed by atoms with E-state index < -0.39 is 23.5 Å². The molecule has 3 heterocycles. The number of amides is 3. The van der Waals surface area contributed by atoms with Gasteiger partial charge >= 0.3 is 0 Å². The molecule has 0 saturated carbocycles. The van der Waals surface area contributed by atoms with Gasteiger partial charge in [-0.3, -0.25) is 14.4 Å². The first-order valence-electron chi connectivity index (χ1n) is 11.0. The summed E-state index contributed by atoms with van der Waals surface area (Å²) >= 11 is 5.96. The van der Waals surface area contributed by atoms with E-state index in [9.17, 15) is 14.4 Å². The fourth-order valence-corrected chi connectivity index (χ4v) is 5.12. The van der Waals surface area contributed by atoms with Crippen molar-refractivity contribution in [1.82, 2.24) is 5.32 Å². The van der Waals surface area contributed by atoms with E-state index in [1.807, 2.05) is 24.3 Å². The van der Waals surface area contributed by atoms with Crippen molar-refractivity contribution in [2.75, 3.05) is 11.4 Å². The molecule has 0 unspecified atom stereocenters. The molecule has 5 rings (SSSR count). The van der Waals surface area contributed by atoms with Crippen molar-refractivity contribution < 1.29 is 19.1 Å². The molecule has 0 aromatic heterocycles. The molecule has 170 valence electrons. The lowest BCUT2D eigenvalue weighted by molar-refractivity contribution is -0.126. The Kier molecular flexibility index (Phi) is 4.99. The molecular formula is C26H25ClN2O4. The number of hydrogen-bond donors (Lipinski definition) is 1. The number of benzene rings is 2. The smallest absolute Gasteiger partial charge is 0.251 e. The Morgan fingerprint density at radius 1 is 1.06 bits per heavy atom. The number of anilines is 1. The fraction of sp³-hybridized carbons (Fsp3) is 0.346. The topological polar surface area (TPSA) is 75.7 Å². The van der Waals surface area contributed by atoms with Gasteiger partial charge in [0.25, 0.3) is 5.91 Å². The summed E-state index contributed by atoms with van der Waals surface area (Å²) in [6.45, 7) is 6.45. The van der Waals surface area contributed by atoms with Crippen molar-refractivity contribution in [3.8, 4) is 0 Å². The van der Waals surface area contributed by atoms with Crippen molar-refractivity contribution in [1.29, 1.82) is 0 Å². The lowest BCUT2D eigenvalue weighted by Gasteiger charge is -2.29. The number of ether oxygens (including phenoxy) is 1. The molecule has 3 aliphatic heterocycles. The first-order valence-corrected chi connectivity index (χ1v) is 11.4. The summed E-state index contributed by atoms with van der Waals surface area (Å²) in [4.78, 5) is 40.6. The highest BCUT2D eigenvalue weighted by Gasteiger charge is 2.67. The van der Waals surface area contributed by atoms with Gasteiger partial charge in [0, 0.05) is 10.6 Å². The molecular weight excluding hydrogens is 440 g/mol. The van der Waals surface area contributed by atoms with Crippen molar-refractivity contribution >= 4 is 35.0 Å². The summed E-state index contributed by atoms with van der Waals surface area (Å²) in [5.41, 5.74) is 1.11.